The van der Waals surface area contributed by atoms with Gasteiger partial charge in [-0.25, -0.2) is 0 Å². The summed E-state index contributed by atoms with van der Waals surface area (Å²) in [4.78, 5) is 1.31. The first kappa shape index (κ1) is 11.5. The second kappa shape index (κ2) is 4.31. The monoisotopic (exact) mass is 223 g/mol. The van der Waals surface area contributed by atoms with Crippen molar-refractivity contribution in [3.8, 4) is 0 Å². The molecule has 0 aliphatic heterocycles. The summed E-state index contributed by atoms with van der Waals surface area (Å²) in [7, 11) is 1.32. The summed E-state index contributed by atoms with van der Waals surface area (Å²) in [5.41, 5.74) is 0. The van der Waals surface area contributed by atoms with Gasteiger partial charge in [0.25, 0.3) is 0 Å². The first-order valence-corrected chi connectivity index (χ1v) is 5.13. The predicted octanol–water partition coefficient (Wildman–Crippen LogP) is 3.13. The van der Waals surface area contributed by atoms with Crippen LogP contribution in [-0.2, 0) is 6.42 Å². The van der Waals surface area contributed by atoms with Gasteiger partial charge >= 0.3 is 6.18 Å². The third-order valence-electron chi connectivity index (χ3n) is 1.93. The fourth-order valence-electron chi connectivity index (χ4n) is 1.21. The number of hydrogen-bond donors (Lipinski definition) is 1. The zero-order valence-electron chi connectivity index (χ0n) is 7.98. The number of nitrogens with one attached hydrogen (secondary N) is 1. The lowest BCUT2D eigenvalue weighted by Gasteiger charge is -2.17. The van der Waals surface area contributed by atoms with E-state index in [2.05, 4.69) is 5.32 Å². The Hall–Kier alpha value is -0.550. The van der Waals surface area contributed by atoms with Gasteiger partial charge in [-0.15, -0.1) is 11.3 Å². The molecular weight excluding hydrogens is 211 g/mol. The Kier molecular flexibility index (Phi) is 3.55. The first-order valence-electron chi connectivity index (χ1n) is 4.31. The standard InChI is InChI=1S/C9H12F3NS/c1-3-6-4-5-7(14-6)8(13-2)9(10,11)12/h4-5,8,13H,3H2,1-2H3. The fourth-order valence-corrected chi connectivity index (χ4v) is 2.30. The Bertz CT molecular complexity index is 292. The topological polar surface area (TPSA) is 12.0 Å². The molecule has 1 N–H and O–H groups in total. The number of thiophene rings is 1. The summed E-state index contributed by atoms with van der Waals surface area (Å²) in [6.07, 6.45) is -3.44. The molecule has 0 fully saturated rings. The van der Waals surface area contributed by atoms with Gasteiger partial charge < -0.3 is 5.32 Å². The summed E-state index contributed by atoms with van der Waals surface area (Å²) in [6, 6.07) is 1.75. The van der Waals surface area contributed by atoms with Crippen molar-refractivity contribution < 1.29 is 13.2 Å². The van der Waals surface area contributed by atoms with Crippen LogP contribution in [0.25, 0.3) is 0 Å². The lowest BCUT2D eigenvalue weighted by atomic mass is 10.2. The molecule has 1 unspecified atom stereocenters. The van der Waals surface area contributed by atoms with E-state index in [1.807, 2.05) is 6.92 Å². The van der Waals surface area contributed by atoms with E-state index in [0.29, 0.717) is 4.88 Å². The van der Waals surface area contributed by atoms with Crippen LogP contribution < -0.4 is 5.32 Å². The number of aryl methyl sites for hydroxylation is 1. The molecule has 0 saturated carbocycles. The van der Waals surface area contributed by atoms with Gasteiger partial charge in [-0.2, -0.15) is 13.2 Å². The lowest BCUT2D eigenvalue weighted by Crippen LogP contribution is -2.30. The van der Waals surface area contributed by atoms with Crippen molar-refractivity contribution in [2.75, 3.05) is 7.05 Å². The van der Waals surface area contributed by atoms with Crippen molar-refractivity contribution in [2.45, 2.75) is 25.6 Å². The molecule has 0 spiro atoms. The molecule has 1 atom stereocenters. The highest BCUT2D eigenvalue weighted by Crippen LogP contribution is 2.35. The zero-order valence-corrected chi connectivity index (χ0v) is 8.80. The largest absolute Gasteiger partial charge is 0.408 e. The number of halogens is 3. The third kappa shape index (κ3) is 2.48. The summed E-state index contributed by atoms with van der Waals surface area (Å²) in [5.74, 6) is 0. The maximum Gasteiger partial charge on any atom is 0.408 e. The number of rotatable bonds is 3. The molecule has 14 heavy (non-hydrogen) atoms. The van der Waals surface area contributed by atoms with Gasteiger partial charge in [0.2, 0.25) is 0 Å². The molecule has 80 valence electrons. The van der Waals surface area contributed by atoms with Crippen molar-refractivity contribution in [2.24, 2.45) is 0 Å². The molecule has 0 saturated heterocycles. The number of hydrogen-bond acceptors (Lipinski definition) is 2. The van der Waals surface area contributed by atoms with E-state index in [9.17, 15) is 13.2 Å². The average Bonchev–Trinajstić information content (AvgIpc) is 2.51. The highest BCUT2D eigenvalue weighted by molar-refractivity contribution is 7.12. The minimum atomic E-state index is -4.22. The zero-order chi connectivity index (χ0) is 10.8. The highest BCUT2D eigenvalue weighted by atomic mass is 32.1. The minimum Gasteiger partial charge on any atom is -0.305 e. The fraction of sp³-hybridized carbons (Fsp3) is 0.556. The van der Waals surface area contributed by atoms with Crippen LogP contribution in [0, 0.1) is 0 Å². The highest BCUT2D eigenvalue weighted by Gasteiger charge is 2.40. The molecule has 0 aromatic carbocycles. The van der Waals surface area contributed by atoms with E-state index >= 15 is 0 Å². The second-order valence-electron chi connectivity index (χ2n) is 2.92. The van der Waals surface area contributed by atoms with E-state index < -0.39 is 12.2 Å². The van der Waals surface area contributed by atoms with Gasteiger partial charge in [-0.1, -0.05) is 6.92 Å². The molecular formula is C9H12F3NS. The molecule has 0 amide bonds. The van der Waals surface area contributed by atoms with Crippen LogP contribution in [0.5, 0.6) is 0 Å². The van der Waals surface area contributed by atoms with Gasteiger partial charge in [0, 0.05) is 9.75 Å². The second-order valence-corrected chi connectivity index (χ2v) is 4.12. The molecule has 1 nitrogen and oxygen atoms in total. The summed E-state index contributed by atoms with van der Waals surface area (Å²) in [6.45, 7) is 1.93. The van der Waals surface area contributed by atoms with Crippen molar-refractivity contribution >= 4 is 11.3 Å². The first-order chi connectivity index (χ1) is 6.49. The van der Waals surface area contributed by atoms with Gasteiger partial charge in [-0.05, 0) is 25.6 Å². The van der Waals surface area contributed by atoms with Crippen LogP contribution in [0.3, 0.4) is 0 Å². The van der Waals surface area contributed by atoms with E-state index in [1.54, 1.807) is 6.07 Å². The molecule has 1 aromatic rings. The smallest absolute Gasteiger partial charge is 0.305 e. The third-order valence-corrected chi connectivity index (χ3v) is 3.23. The molecule has 0 bridgehead atoms. The van der Waals surface area contributed by atoms with Crippen molar-refractivity contribution in [1.29, 1.82) is 0 Å². The van der Waals surface area contributed by atoms with Crippen LogP contribution in [0.4, 0.5) is 13.2 Å². The Balaban J connectivity index is 2.90. The van der Waals surface area contributed by atoms with Crippen molar-refractivity contribution in [1.82, 2.24) is 5.32 Å². The molecule has 5 heteroatoms. The maximum atomic E-state index is 12.5. The van der Waals surface area contributed by atoms with Crippen molar-refractivity contribution in [3.05, 3.63) is 21.9 Å². The minimum absolute atomic E-state index is 0.330. The molecule has 0 aliphatic carbocycles. The van der Waals surface area contributed by atoms with Gasteiger partial charge in [0.15, 0.2) is 0 Å². The SMILES string of the molecule is CCc1ccc(C(NC)C(F)(F)F)s1. The van der Waals surface area contributed by atoms with Gasteiger partial charge in [-0.3, -0.25) is 0 Å². The summed E-state index contributed by atoms with van der Waals surface area (Å²) >= 11 is 1.21. The van der Waals surface area contributed by atoms with E-state index in [4.69, 9.17) is 0 Å². The normalized spacial score (nSPS) is 14.4. The van der Waals surface area contributed by atoms with Crippen LogP contribution in [0.15, 0.2) is 12.1 Å². The predicted molar refractivity (Wildman–Crippen MR) is 51.6 cm³/mol. The summed E-state index contributed by atoms with van der Waals surface area (Å²) in [5, 5.41) is 2.28. The van der Waals surface area contributed by atoms with Crippen LogP contribution >= 0.6 is 11.3 Å². The van der Waals surface area contributed by atoms with E-state index in [1.165, 1.54) is 24.5 Å². The van der Waals surface area contributed by atoms with Gasteiger partial charge in [0.05, 0.1) is 0 Å². The average molecular weight is 223 g/mol. The molecule has 0 radical (unpaired) electrons. The van der Waals surface area contributed by atoms with Crippen LogP contribution in [0.2, 0.25) is 0 Å². The van der Waals surface area contributed by atoms with Crippen molar-refractivity contribution in [3.63, 3.8) is 0 Å². The number of alkyl halides is 3. The maximum absolute atomic E-state index is 12.5. The van der Waals surface area contributed by atoms with Crippen LogP contribution in [-0.4, -0.2) is 13.2 Å². The molecule has 1 aromatic heterocycles. The summed E-state index contributed by atoms with van der Waals surface area (Å²) < 4.78 is 37.4. The Morgan fingerprint density at radius 2 is 2.07 bits per heavy atom. The Labute approximate surface area is 84.9 Å². The quantitative estimate of drug-likeness (QED) is 0.830. The Morgan fingerprint density at radius 1 is 1.43 bits per heavy atom. The lowest BCUT2D eigenvalue weighted by molar-refractivity contribution is -0.155. The van der Waals surface area contributed by atoms with E-state index in [-0.39, 0.29) is 0 Å². The molecule has 1 rings (SSSR count). The van der Waals surface area contributed by atoms with Gasteiger partial charge in [0.1, 0.15) is 6.04 Å². The molecule has 1 heterocycles. The van der Waals surface area contributed by atoms with Crippen LogP contribution in [0.1, 0.15) is 22.7 Å². The molecule has 0 aliphatic rings. The Morgan fingerprint density at radius 3 is 2.43 bits per heavy atom. The van der Waals surface area contributed by atoms with E-state index in [0.717, 1.165) is 11.3 Å².